The highest BCUT2D eigenvalue weighted by atomic mass is 32.2. The lowest BCUT2D eigenvalue weighted by atomic mass is 9.83. The normalized spacial score (nSPS) is 16.7. The molecule has 1 aliphatic heterocycles. The molecule has 1 amide bonds. The van der Waals surface area contributed by atoms with Crippen molar-refractivity contribution in [1.29, 1.82) is 0 Å². The number of primary amides is 1. The molecule has 0 radical (unpaired) electrons. The quantitative estimate of drug-likeness (QED) is 0.398. The number of fused-ring (bicyclic) bond motifs is 1. The molecule has 1 atom stereocenters. The molecule has 0 fully saturated rings. The van der Waals surface area contributed by atoms with Crippen LogP contribution in [0.5, 0.6) is 0 Å². The number of thioether (sulfide) groups is 1. The molecule has 4 rings (SSSR count). The zero-order valence-corrected chi connectivity index (χ0v) is 19.9. The van der Waals surface area contributed by atoms with Crippen molar-refractivity contribution < 1.29 is 14.0 Å². The third kappa shape index (κ3) is 4.32. The van der Waals surface area contributed by atoms with E-state index in [-0.39, 0.29) is 17.6 Å². The summed E-state index contributed by atoms with van der Waals surface area (Å²) in [5, 5.41) is 8.61. The summed E-state index contributed by atoms with van der Waals surface area (Å²) in [5.41, 5.74) is 8.33. The van der Waals surface area contributed by atoms with Crippen LogP contribution in [0.3, 0.4) is 0 Å². The Hall–Kier alpha value is -3.33. The van der Waals surface area contributed by atoms with Gasteiger partial charge in [0.1, 0.15) is 0 Å². The molecular formula is C24H27N5O3S. The van der Waals surface area contributed by atoms with Gasteiger partial charge in [-0.3, -0.25) is 14.2 Å². The van der Waals surface area contributed by atoms with Gasteiger partial charge in [0.25, 0.3) is 0 Å². The van der Waals surface area contributed by atoms with E-state index in [4.69, 9.17) is 10.2 Å². The van der Waals surface area contributed by atoms with Crippen LogP contribution < -0.4 is 10.6 Å². The van der Waals surface area contributed by atoms with Gasteiger partial charge in [0.15, 0.2) is 22.5 Å². The first-order valence-corrected chi connectivity index (χ1v) is 11.6. The Morgan fingerprint density at radius 3 is 2.64 bits per heavy atom. The van der Waals surface area contributed by atoms with Crippen molar-refractivity contribution in [2.24, 2.45) is 5.73 Å². The van der Waals surface area contributed by atoms with Crippen molar-refractivity contribution in [3.05, 3.63) is 60.0 Å². The van der Waals surface area contributed by atoms with Gasteiger partial charge in [0.05, 0.1) is 11.5 Å². The maximum Gasteiger partial charge on any atom is 0.219 e. The number of para-hydroxylation sites is 1. The fourth-order valence-corrected chi connectivity index (χ4v) is 5.01. The van der Waals surface area contributed by atoms with Crippen LogP contribution in [0, 0.1) is 0 Å². The molecule has 172 valence electrons. The van der Waals surface area contributed by atoms with Crippen molar-refractivity contribution in [1.82, 2.24) is 14.8 Å². The summed E-state index contributed by atoms with van der Waals surface area (Å²) in [7, 11) is 1.99. The Labute approximate surface area is 196 Å². The van der Waals surface area contributed by atoms with Gasteiger partial charge in [-0.25, -0.2) is 0 Å². The minimum absolute atomic E-state index is 0.0215. The summed E-state index contributed by atoms with van der Waals surface area (Å²) in [4.78, 5) is 26.7. The number of nitrogens with two attached hydrogens (primary N) is 1. The van der Waals surface area contributed by atoms with E-state index in [2.05, 4.69) is 41.1 Å². The lowest BCUT2D eigenvalue weighted by Crippen LogP contribution is -2.25. The highest BCUT2D eigenvalue weighted by Gasteiger charge is 2.39. The van der Waals surface area contributed by atoms with Crippen molar-refractivity contribution in [3.63, 3.8) is 0 Å². The zero-order valence-electron chi connectivity index (χ0n) is 19.1. The molecule has 0 spiro atoms. The number of rotatable bonds is 8. The maximum atomic E-state index is 13.2. The van der Waals surface area contributed by atoms with Gasteiger partial charge in [-0.05, 0) is 30.7 Å². The van der Waals surface area contributed by atoms with Gasteiger partial charge in [-0.15, -0.1) is 10.2 Å². The van der Waals surface area contributed by atoms with Gasteiger partial charge in [0.2, 0.25) is 5.91 Å². The molecule has 2 aromatic heterocycles. The second-order valence-electron chi connectivity index (χ2n) is 8.54. The Morgan fingerprint density at radius 2 is 1.97 bits per heavy atom. The number of furan rings is 1. The van der Waals surface area contributed by atoms with Crippen molar-refractivity contribution in [2.45, 2.75) is 49.6 Å². The molecule has 3 aromatic rings. The lowest BCUT2D eigenvalue weighted by Gasteiger charge is -2.24. The van der Waals surface area contributed by atoms with Crippen LogP contribution in [0.25, 0.3) is 11.6 Å². The van der Waals surface area contributed by atoms with Gasteiger partial charge < -0.3 is 15.1 Å². The standard InChI is InChI=1S/C24H27N5O3S/c1-15(18(30)14-20-24(2,3)16-8-5-6-9-17(16)28(20)4)33-23-27-26-22(19-10-7-13-32-19)29(23)12-11-21(25)31/h5-10,13-15H,11-12H2,1-4H3,(H2,25,31)/b20-14-. The summed E-state index contributed by atoms with van der Waals surface area (Å²) >= 11 is 1.30. The third-order valence-electron chi connectivity index (χ3n) is 5.94. The fourth-order valence-electron chi connectivity index (χ4n) is 4.11. The highest BCUT2D eigenvalue weighted by Crippen LogP contribution is 2.46. The number of amides is 1. The van der Waals surface area contributed by atoms with Gasteiger partial charge >= 0.3 is 0 Å². The number of hydrogen-bond donors (Lipinski definition) is 1. The number of ketones is 1. The summed E-state index contributed by atoms with van der Waals surface area (Å²) in [6.45, 7) is 6.40. The molecule has 9 heteroatoms. The molecule has 1 unspecified atom stereocenters. The number of likely N-dealkylation sites (N-methyl/N-ethyl adjacent to an activating group) is 1. The van der Waals surface area contributed by atoms with E-state index in [0.29, 0.717) is 23.3 Å². The molecule has 1 aliphatic rings. The van der Waals surface area contributed by atoms with Crippen LogP contribution in [0.2, 0.25) is 0 Å². The number of benzene rings is 1. The number of nitrogens with zero attached hydrogens (tertiary/aromatic N) is 4. The maximum absolute atomic E-state index is 13.2. The first-order valence-electron chi connectivity index (χ1n) is 10.7. The molecular weight excluding hydrogens is 438 g/mol. The molecule has 8 nitrogen and oxygen atoms in total. The minimum Gasteiger partial charge on any atom is -0.461 e. The Balaban J connectivity index is 1.58. The third-order valence-corrected chi connectivity index (χ3v) is 7.04. The SMILES string of the molecule is CC(Sc1nnc(-c2ccco2)n1CCC(N)=O)C(=O)/C=C1\N(C)c2ccccc2C1(C)C. The monoisotopic (exact) mass is 465 g/mol. The smallest absolute Gasteiger partial charge is 0.219 e. The molecule has 33 heavy (non-hydrogen) atoms. The number of hydrogen-bond acceptors (Lipinski definition) is 7. The van der Waals surface area contributed by atoms with Crippen LogP contribution in [0.1, 0.15) is 32.8 Å². The first-order chi connectivity index (χ1) is 15.7. The average Bonchev–Trinajstić information content (AvgIpc) is 3.48. The second kappa shape index (κ2) is 8.90. The van der Waals surface area contributed by atoms with Gasteiger partial charge in [0, 0.05) is 42.9 Å². The summed E-state index contributed by atoms with van der Waals surface area (Å²) < 4.78 is 7.23. The van der Waals surface area contributed by atoms with E-state index in [1.165, 1.54) is 17.3 Å². The van der Waals surface area contributed by atoms with Crippen LogP contribution >= 0.6 is 11.8 Å². The largest absolute Gasteiger partial charge is 0.461 e. The number of carbonyl (C=O) groups excluding carboxylic acids is 2. The van der Waals surface area contributed by atoms with E-state index in [1.807, 2.05) is 26.1 Å². The Morgan fingerprint density at radius 1 is 1.21 bits per heavy atom. The summed E-state index contributed by atoms with van der Waals surface area (Å²) in [6.07, 6.45) is 3.41. The van der Waals surface area contributed by atoms with Gasteiger partial charge in [-0.1, -0.05) is 43.8 Å². The van der Waals surface area contributed by atoms with Crippen LogP contribution in [-0.4, -0.2) is 38.8 Å². The predicted octanol–water partition coefficient (Wildman–Crippen LogP) is 3.77. The molecule has 1 aromatic carbocycles. The van der Waals surface area contributed by atoms with Crippen LogP contribution in [0.4, 0.5) is 5.69 Å². The molecule has 3 heterocycles. The fraction of sp³-hybridized carbons (Fsp3) is 0.333. The Kier molecular flexibility index (Phi) is 6.16. The molecule has 0 aliphatic carbocycles. The summed E-state index contributed by atoms with van der Waals surface area (Å²) in [6, 6.07) is 11.7. The molecule has 0 saturated carbocycles. The van der Waals surface area contributed by atoms with Crippen molar-refractivity contribution in [3.8, 4) is 11.6 Å². The van der Waals surface area contributed by atoms with Crippen LogP contribution in [-0.2, 0) is 21.5 Å². The zero-order chi connectivity index (χ0) is 23.8. The molecule has 0 saturated heterocycles. The number of carbonyl (C=O) groups is 2. The number of aromatic nitrogens is 3. The van der Waals surface area contributed by atoms with Crippen molar-refractivity contribution >= 4 is 29.1 Å². The second-order valence-corrected chi connectivity index (χ2v) is 9.85. The van der Waals surface area contributed by atoms with E-state index in [1.54, 1.807) is 29.0 Å². The number of allylic oxidation sites excluding steroid dienone is 2. The average molecular weight is 466 g/mol. The topological polar surface area (TPSA) is 107 Å². The predicted molar refractivity (Wildman–Crippen MR) is 128 cm³/mol. The van der Waals surface area contributed by atoms with Crippen molar-refractivity contribution in [2.75, 3.05) is 11.9 Å². The van der Waals surface area contributed by atoms with Gasteiger partial charge in [-0.2, -0.15) is 0 Å². The molecule has 2 N–H and O–H groups in total. The van der Waals surface area contributed by atoms with E-state index >= 15 is 0 Å². The summed E-state index contributed by atoms with van der Waals surface area (Å²) in [5.74, 6) is 0.581. The number of anilines is 1. The lowest BCUT2D eigenvalue weighted by molar-refractivity contribution is -0.118. The Bertz CT molecular complexity index is 1210. The van der Waals surface area contributed by atoms with E-state index in [0.717, 1.165) is 11.4 Å². The minimum atomic E-state index is -0.426. The molecule has 0 bridgehead atoms. The first kappa shape index (κ1) is 22.8. The van der Waals surface area contributed by atoms with E-state index in [9.17, 15) is 9.59 Å². The van der Waals surface area contributed by atoms with Crippen LogP contribution in [0.15, 0.2) is 64.0 Å². The van der Waals surface area contributed by atoms with E-state index < -0.39 is 11.2 Å². The highest BCUT2D eigenvalue weighted by molar-refractivity contribution is 8.00.